The summed E-state index contributed by atoms with van der Waals surface area (Å²) in [7, 11) is 1.89. The highest BCUT2D eigenvalue weighted by molar-refractivity contribution is 7.18. The van der Waals surface area contributed by atoms with Gasteiger partial charge in [0.2, 0.25) is 0 Å². The van der Waals surface area contributed by atoms with Gasteiger partial charge < -0.3 is 5.32 Å². The van der Waals surface area contributed by atoms with Gasteiger partial charge in [-0.15, -0.1) is 22.7 Å². The molecule has 0 aliphatic heterocycles. The highest BCUT2D eigenvalue weighted by Gasteiger charge is 2.11. The molecule has 0 saturated heterocycles. The van der Waals surface area contributed by atoms with Crippen molar-refractivity contribution in [1.29, 1.82) is 0 Å². The first-order valence-corrected chi connectivity index (χ1v) is 7.71. The minimum Gasteiger partial charge on any atom is -0.372 e. The van der Waals surface area contributed by atoms with Crippen LogP contribution < -0.4 is 5.32 Å². The first kappa shape index (κ1) is 12.5. The molecular formula is C13H14N4S2. The average Bonchev–Trinajstić information content (AvgIpc) is 2.93. The Bertz CT molecular complexity index is 729. The van der Waals surface area contributed by atoms with Crippen molar-refractivity contribution in [2.75, 3.05) is 12.4 Å². The van der Waals surface area contributed by atoms with Crippen LogP contribution in [0, 0.1) is 13.8 Å². The highest BCUT2D eigenvalue weighted by atomic mass is 32.1. The fourth-order valence-electron chi connectivity index (χ4n) is 2.01. The van der Waals surface area contributed by atoms with Crippen LogP contribution in [0.3, 0.4) is 0 Å². The number of nitrogens with one attached hydrogen (secondary N) is 1. The second-order valence-electron chi connectivity index (χ2n) is 4.35. The van der Waals surface area contributed by atoms with Crippen LogP contribution in [0.25, 0.3) is 10.2 Å². The van der Waals surface area contributed by atoms with Gasteiger partial charge in [0.15, 0.2) is 0 Å². The molecule has 0 unspecified atom stereocenters. The monoisotopic (exact) mass is 290 g/mol. The molecule has 6 heteroatoms. The van der Waals surface area contributed by atoms with Gasteiger partial charge in [0.25, 0.3) is 0 Å². The van der Waals surface area contributed by atoms with Gasteiger partial charge in [-0.05, 0) is 19.9 Å². The van der Waals surface area contributed by atoms with E-state index in [4.69, 9.17) is 0 Å². The smallest absolute Gasteiger partial charge is 0.138 e. The van der Waals surface area contributed by atoms with E-state index in [0.29, 0.717) is 6.42 Å². The van der Waals surface area contributed by atoms with Crippen molar-refractivity contribution in [3.63, 3.8) is 0 Å². The van der Waals surface area contributed by atoms with E-state index in [-0.39, 0.29) is 0 Å². The maximum Gasteiger partial charge on any atom is 0.138 e. The van der Waals surface area contributed by atoms with Gasteiger partial charge in [-0.25, -0.2) is 15.0 Å². The van der Waals surface area contributed by atoms with Crippen molar-refractivity contribution < 1.29 is 0 Å². The molecule has 3 aromatic heterocycles. The van der Waals surface area contributed by atoms with Gasteiger partial charge in [0.05, 0.1) is 22.5 Å². The molecular weight excluding hydrogens is 276 g/mol. The van der Waals surface area contributed by atoms with E-state index in [1.165, 1.54) is 4.88 Å². The average molecular weight is 290 g/mol. The molecule has 0 radical (unpaired) electrons. The molecule has 0 aliphatic rings. The van der Waals surface area contributed by atoms with E-state index in [1.807, 2.05) is 14.0 Å². The summed E-state index contributed by atoms with van der Waals surface area (Å²) in [6.07, 6.45) is 0.686. The maximum absolute atomic E-state index is 4.64. The zero-order valence-corrected chi connectivity index (χ0v) is 12.7. The Balaban J connectivity index is 2.03. The Morgan fingerprint density at radius 2 is 2.05 bits per heavy atom. The number of thiophene rings is 1. The Hall–Kier alpha value is -1.53. The Labute approximate surface area is 119 Å². The van der Waals surface area contributed by atoms with Crippen molar-refractivity contribution >= 4 is 38.7 Å². The molecule has 4 nitrogen and oxygen atoms in total. The molecule has 1 N–H and O–H groups in total. The summed E-state index contributed by atoms with van der Waals surface area (Å²) in [5, 5.41) is 7.40. The molecule has 0 aliphatic carbocycles. The van der Waals surface area contributed by atoms with Crippen molar-refractivity contribution in [1.82, 2.24) is 15.0 Å². The third kappa shape index (κ3) is 2.46. The van der Waals surface area contributed by atoms with Crippen LogP contribution in [0.15, 0.2) is 11.4 Å². The Kier molecular flexibility index (Phi) is 3.20. The molecule has 0 aromatic carbocycles. The molecule has 0 atom stereocenters. The molecule has 19 heavy (non-hydrogen) atoms. The SMILES string of the molecule is CNc1nc(Cc2csc(C)n2)nc2sc(C)cc12. The molecule has 0 saturated carbocycles. The number of rotatable bonds is 3. The van der Waals surface area contributed by atoms with Crippen LogP contribution in [0.5, 0.6) is 0 Å². The fourth-order valence-corrected chi connectivity index (χ4v) is 3.52. The lowest BCUT2D eigenvalue weighted by molar-refractivity contribution is 0.963. The van der Waals surface area contributed by atoms with Gasteiger partial charge in [0, 0.05) is 17.3 Å². The number of hydrogen-bond acceptors (Lipinski definition) is 6. The Morgan fingerprint density at radius 3 is 2.74 bits per heavy atom. The highest BCUT2D eigenvalue weighted by Crippen LogP contribution is 2.28. The van der Waals surface area contributed by atoms with Crippen molar-refractivity contribution in [3.05, 3.63) is 32.8 Å². The van der Waals surface area contributed by atoms with Crippen LogP contribution in [-0.4, -0.2) is 22.0 Å². The first-order chi connectivity index (χ1) is 9.15. The summed E-state index contributed by atoms with van der Waals surface area (Å²) in [4.78, 5) is 16.0. The fraction of sp³-hybridized carbons (Fsp3) is 0.308. The van der Waals surface area contributed by atoms with Crippen molar-refractivity contribution in [3.8, 4) is 0 Å². The number of aromatic nitrogens is 3. The van der Waals surface area contributed by atoms with Crippen molar-refractivity contribution in [2.24, 2.45) is 0 Å². The van der Waals surface area contributed by atoms with Crippen LogP contribution in [0.1, 0.15) is 21.4 Å². The number of anilines is 1. The van der Waals surface area contributed by atoms with E-state index >= 15 is 0 Å². The summed E-state index contributed by atoms with van der Waals surface area (Å²) in [5.74, 6) is 1.72. The molecule has 98 valence electrons. The molecule has 3 rings (SSSR count). The van der Waals surface area contributed by atoms with E-state index in [9.17, 15) is 0 Å². The third-order valence-electron chi connectivity index (χ3n) is 2.80. The largest absolute Gasteiger partial charge is 0.372 e. The standard InChI is InChI=1S/C13H14N4S2/c1-7-4-10-12(14-3)16-11(17-13(10)19-7)5-9-6-18-8(2)15-9/h4,6H,5H2,1-3H3,(H,14,16,17). The molecule has 0 amide bonds. The van der Waals surface area contributed by atoms with Crippen LogP contribution >= 0.6 is 22.7 Å². The summed E-state index contributed by atoms with van der Waals surface area (Å²) in [5.41, 5.74) is 1.04. The van der Waals surface area contributed by atoms with E-state index in [0.717, 1.165) is 32.6 Å². The minimum absolute atomic E-state index is 0.686. The molecule has 3 aromatic rings. The lowest BCUT2D eigenvalue weighted by Gasteiger charge is -2.04. The second-order valence-corrected chi connectivity index (χ2v) is 6.65. The van der Waals surface area contributed by atoms with Crippen LogP contribution in [0.2, 0.25) is 0 Å². The number of fused-ring (bicyclic) bond motifs is 1. The number of aryl methyl sites for hydroxylation is 2. The molecule has 0 bridgehead atoms. The lowest BCUT2D eigenvalue weighted by Crippen LogP contribution is -2.01. The van der Waals surface area contributed by atoms with Crippen molar-refractivity contribution in [2.45, 2.75) is 20.3 Å². The number of thiazole rings is 1. The predicted octanol–water partition coefficient (Wildman–Crippen LogP) is 3.40. The summed E-state index contributed by atoms with van der Waals surface area (Å²) in [6.45, 7) is 4.11. The minimum atomic E-state index is 0.686. The molecule has 0 fully saturated rings. The zero-order valence-electron chi connectivity index (χ0n) is 11.0. The van der Waals surface area contributed by atoms with Gasteiger partial charge in [0.1, 0.15) is 16.5 Å². The van der Waals surface area contributed by atoms with E-state index in [1.54, 1.807) is 22.7 Å². The third-order valence-corrected chi connectivity index (χ3v) is 4.57. The van der Waals surface area contributed by atoms with Crippen LogP contribution in [0.4, 0.5) is 5.82 Å². The van der Waals surface area contributed by atoms with Gasteiger partial charge in [-0.3, -0.25) is 0 Å². The normalized spacial score (nSPS) is 11.1. The van der Waals surface area contributed by atoms with Gasteiger partial charge in [-0.1, -0.05) is 0 Å². The summed E-state index contributed by atoms with van der Waals surface area (Å²) in [6, 6.07) is 2.13. The summed E-state index contributed by atoms with van der Waals surface area (Å²) < 4.78 is 0. The molecule has 0 spiro atoms. The summed E-state index contributed by atoms with van der Waals surface area (Å²) >= 11 is 3.36. The lowest BCUT2D eigenvalue weighted by atomic mass is 10.3. The van der Waals surface area contributed by atoms with Gasteiger partial charge in [-0.2, -0.15) is 0 Å². The maximum atomic E-state index is 4.64. The zero-order chi connectivity index (χ0) is 13.4. The first-order valence-electron chi connectivity index (χ1n) is 6.01. The van der Waals surface area contributed by atoms with E-state index < -0.39 is 0 Å². The second kappa shape index (κ2) is 4.86. The Morgan fingerprint density at radius 1 is 1.21 bits per heavy atom. The van der Waals surface area contributed by atoms with Gasteiger partial charge >= 0.3 is 0 Å². The quantitative estimate of drug-likeness (QED) is 0.803. The topological polar surface area (TPSA) is 50.7 Å². The van der Waals surface area contributed by atoms with E-state index in [2.05, 4.69) is 38.6 Å². The van der Waals surface area contributed by atoms with Crippen LogP contribution in [-0.2, 0) is 6.42 Å². The number of hydrogen-bond donors (Lipinski definition) is 1. The molecule has 3 heterocycles. The number of nitrogens with zero attached hydrogens (tertiary/aromatic N) is 3. The predicted molar refractivity (Wildman–Crippen MR) is 81.4 cm³/mol.